The monoisotopic (exact) mass is 301 g/mol. The Morgan fingerprint density at radius 3 is 2.95 bits per heavy atom. The van der Waals surface area contributed by atoms with Gasteiger partial charge in [-0.1, -0.05) is 6.07 Å². The Kier molecular flexibility index (Phi) is 3.83. The van der Waals surface area contributed by atoms with E-state index in [0.29, 0.717) is 18.7 Å². The third kappa shape index (κ3) is 2.68. The molecular formula is C16H19N3O3. The molecule has 0 spiro atoms. The van der Waals surface area contributed by atoms with E-state index in [-0.39, 0.29) is 18.4 Å². The minimum absolute atomic E-state index is 0.0538. The van der Waals surface area contributed by atoms with Crippen LogP contribution in [-0.2, 0) is 16.0 Å². The number of imidazole rings is 1. The van der Waals surface area contributed by atoms with Crippen LogP contribution in [-0.4, -0.2) is 43.9 Å². The lowest BCUT2D eigenvalue weighted by Crippen LogP contribution is -2.49. The van der Waals surface area contributed by atoms with Gasteiger partial charge in [0.1, 0.15) is 5.65 Å². The molecule has 3 heterocycles. The zero-order valence-corrected chi connectivity index (χ0v) is 12.5. The molecule has 22 heavy (non-hydrogen) atoms. The Balaban J connectivity index is 1.74. The number of carbonyl (C=O) groups is 2. The zero-order valence-electron chi connectivity index (χ0n) is 12.5. The molecule has 1 fully saturated rings. The normalized spacial score (nSPS) is 22.0. The van der Waals surface area contributed by atoms with Crippen molar-refractivity contribution < 1.29 is 14.7 Å². The molecule has 0 saturated carbocycles. The number of nitrogens with zero attached hydrogens (tertiary/aromatic N) is 3. The van der Waals surface area contributed by atoms with Crippen molar-refractivity contribution in [2.75, 3.05) is 6.54 Å². The average Bonchev–Trinajstić information content (AvgIpc) is 2.89. The molecule has 6 heteroatoms. The number of rotatable bonds is 3. The zero-order chi connectivity index (χ0) is 15.7. The van der Waals surface area contributed by atoms with Gasteiger partial charge in [0.15, 0.2) is 0 Å². The molecule has 0 radical (unpaired) electrons. The van der Waals surface area contributed by atoms with Crippen LogP contribution in [0.1, 0.15) is 25.5 Å². The second-order valence-corrected chi connectivity index (χ2v) is 5.79. The number of carboxylic acid groups (broad SMARTS) is 1. The SMILES string of the molecule is C[C@@H]1[C@H](C(=O)O)CCCN1C(=O)Cc1cn2ccccc2n1. The molecule has 0 aromatic carbocycles. The summed E-state index contributed by atoms with van der Waals surface area (Å²) in [5, 5.41) is 9.24. The van der Waals surface area contributed by atoms with Gasteiger partial charge in [-0.3, -0.25) is 9.59 Å². The molecule has 1 aliphatic heterocycles. The fourth-order valence-electron chi connectivity index (χ4n) is 3.15. The van der Waals surface area contributed by atoms with E-state index < -0.39 is 11.9 Å². The first-order chi connectivity index (χ1) is 10.6. The lowest BCUT2D eigenvalue weighted by atomic mass is 9.90. The molecule has 0 bridgehead atoms. The lowest BCUT2D eigenvalue weighted by Gasteiger charge is -2.37. The van der Waals surface area contributed by atoms with Gasteiger partial charge < -0.3 is 14.4 Å². The molecule has 2 atom stereocenters. The number of aliphatic carboxylic acids is 1. The van der Waals surface area contributed by atoms with Crippen molar-refractivity contribution in [2.24, 2.45) is 5.92 Å². The maximum Gasteiger partial charge on any atom is 0.308 e. The fourth-order valence-corrected chi connectivity index (χ4v) is 3.15. The molecule has 116 valence electrons. The molecule has 2 aromatic heterocycles. The molecule has 1 aliphatic rings. The lowest BCUT2D eigenvalue weighted by molar-refractivity contribution is -0.148. The van der Waals surface area contributed by atoms with E-state index in [9.17, 15) is 14.7 Å². The Hall–Kier alpha value is -2.37. The maximum absolute atomic E-state index is 12.5. The van der Waals surface area contributed by atoms with Crippen molar-refractivity contribution in [1.82, 2.24) is 14.3 Å². The molecular weight excluding hydrogens is 282 g/mol. The van der Waals surface area contributed by atoms with Crippen LogP contribution in [0.15, 0.2) is 30.6 Å². The Bertz CT molecular complexity index is 676. The summed E-state index contributed by atoms with van der Waals surface area (Å²) in [5.41, 5.74) is 1.52. The molecule has 0 unspecified atom stereocenters. The summed E-state index contributed by atoms with van der Waals surface area (Å²) < 4.78 is 1.88. The number of piperidine rings is 1. The minimum atomic E-state index is -0.822. The van der Waals surface area contributed by atoms with Crippen LogP contribution < -0.4 is 0 Å². The van der Waals surface area contributed by atoms with E-state index >= 15 is 0 Å². The molecule has 2 aromatic rings. The summed E-state index contributed by atoms with van der Waals surface area (Å²) in [4.78, 5) is 29.9. The van der Waals surface area contributed by atoms with Gasteiger partial charge in [-0.25, -0.2) is 4.98 Å². The van der Waals surface area contributed by atoms with Gasteiger partial charge in [0, 0.05) is 25.0 Å². The predicted molar refractivity (Wildman–Crippen MR) is 80.4 cm³/mol. The standard InChI is InChI=1S/C16H19N3O3/c1-11-13(16(21)22)5-4-8-19(11)15(20)9-12-10-18-7-3-2-6-14(18)17-12/h2-3,6-7,10-11,13H,4-5,8-9H2,1H3,(H,21,22)/t11-,13-/m1/s1. The van der Waals surface area contributed by atoms with Crippen molar-refractivity contribution >= 4 is 17.5 Å². The number of fused-ring (bicyclic) bond motifs is 1. The van der Waals surface area contributed by atoms with Gasteiger partial charge in [-0.05, 0) is 31.9 Å². The van der Waals surface area contributed by atoms with Crippen LogP contribution >= 0.6 is 0 Å². The quantitative estimate of drug-likeness (QED) is 0.934. The van der Waals surface area contributed by atoms with E-state index in [2.05, 4.69) is 4.98 Å². The number of carbonyl (C=O) groups excluding carboxylic acids is 1. The number of hydrogen-bond acceptors (Lipinski definition) is 3. The Morgan fingerprint density at radius 2 is 2.23 bits per heavy atom. The van der Waals surface area contributed by atoms with Crippen LogP contribution in [0.2, 0.25) is 0 Å². The molecule has 1 N–H and O–H groups in total. The van der Waals surface area contributed by atoms with Gasteiger partial charge in [-0.15, -0.1) is 0 Å². The predicted octanol–water partition coefficient (Wildman–Crippen LogP) is 1.59. The largest absolute Gasteiger partial charge is 0.481 e. The molecule has 3 rings (SSSR count). The van der Waals surface area contributed by atoms with Gasteiger partial charge in [0.25, 0.3) is 0 Å². The first kappa shape index (κ1) is 14.6. The first-order valence-electron chi connectivity index (χ1n) is 7.51. The van der Waals surface area contributed by atoms with Crippen LogP contribution in [0.4, 0.5) is 0 Å². The topological polar surface area (TPSA) is 74.9 Å². The van der Waals surface area contributed by atoms with Gasteiger partial charge in [0.05, 0.1) is 18.0 Å². The van der Waals surface area contributed by atoms with E-state index in [1.165, 1.54) is 0 Å². The van der Waals surface area contributed by atoms with Crippen molar-refractivity contribution in [3.8, 4) is 0 Å². The Labute approximate surface area is 128 Å². The van der Waals surface area contributed by atoms with Crippen LogP contribution in [0.5, 0.6) is 0 Å². The van der Waals surface area contributed by atoms with Gasteiger partial charge in [0.2, 0.25) is 5.91 Å². The van der Waals surface area contributed by atoms with Crippen LogP contribution in [0.3, 0.4) is 0 Å². The number of hydrogen-bond donors (Lipinski definition) is 1. The minimum Gasteiger partial charge on any atom is -0.481 e. The highest BCUT2D eigenvalue weighted by Gasteiger charge is 2.35. The number of amides is 1. The average molecular weight is 301 g/mol. The number of likely N-dealkylation sites (tertiary alicyclic amines) is 1. The number of pyridine rings is 1. The first-order valence-corrected chi connectivity index (χ1v) is 7.51. The summed E-state index contributed by atoms with van der Waals surface area (Å²) >= 11 is 0. The second-order valence-electron chi connectivity index (χ2n) is 5.79. The third-order valence-electron chi connectivity index (χ3n) is 4.37. The van der Waals surface area contributed by atoms with E-state index in [4.69, 9.17) is 0 Å². The van der Waals surface area contributed by atoms with Gasteiger partial charge >= 0.3 is 5.97 Å². The van der Waals surface area contributed by atoms with Crippen LogP contribution in [0, 0.1) is 5.92 Å². The highest BCUT2D eigenvalue weighted by molar-refractivity contribution is 5.80. The van der Waals surface area contributed by atoms with Gasteiger partial charge in [-0.2, -0.15) is 0 Å². The van der Waals surface area contributed by atoms with Crippen molar-refractivity contribution in [3.05, 3.63) is 36.3 Å². The molecule has 1 saturated heterocycles. The Morgan fingerprint density at radius 1 is 1.41 bits per heavy atom. The summed E-state index contributed by atoms with van der Waals surface area (Å²) in [7, 11) is 0. The summed E-state index contributed by atoms with van der Waals surface area (Å²) in [6.07, 6.45) is 5.31. The van der Waals surface area contributed by atoms with Crippen molar-refractivity contribution in [3.63, 3.8) is 0 Å². The summed E-state index contributed by atoms with van der Waals surface area (Å²) in [5.74, 6) is -1.35. The summed E-state index contributed by atoms with van der Waals surface area (Å²) in [6, 6.07) is 5.43. The van der Waals surface area contributed by atoms with Crippen molar-refractivity contribution in [1.29, 1.82) is 0 Å². The number of carboxylic acids is 1. The van der Waals surface area contributed by atoms with E-state index in [0.717, 1.165) is 12.1 Å². The molecule has 1 amide bonds. The molecule has 0 aliphatic carbocycles. The summed E-state index contributed by atoms with van der Waals surface area (Å²) in [6.45, 7) is 2.44. The fraction of sp³-hybridized carbons (Fsp3) is 0.438. The van der Waals surface area contributed by atoms with E-state index in [1.54, 1.807) is 4.90 Å². The van der Waals surface area contributed by atoms with Crippen LogP contribution in [0.25, 0.3) is 5.65 Å². The smallest absolute Gasteiger partial charge is 0.308 e. The number of aromatic nitrogens is 2. The third-order valence-corrected chi connectivity index (χ3v) is 4.37. The highest BCUT2D eigenvalue weighted by Crippen LogP contribution is 2.24. The van der Waals surface area contributed by atoms with E-state index in [1.807, 2.05) is 41.9 Å². The molecule has 6 nitrogen and oxygen atoms in total. The highest BCUT2D eigenvalue weighted by atomic mass is 16.4. The maximum atomic E-state index is 12.5. The second kappa shape index (κ2) is 5.79. The van der Waals surface area contributed by atoms with Crippen molar-refractivity contribution in [2.45, 2.75) is 32.2 Å².